The third-order valence-corrected chi connectivity index (χ3v) is 4.80. The summed E-state index contributed by atoms with van der Waals surface area (Å²) in [5.41, 5.74) is 1.37. The third kappa shape index (κ3) is 5.89. The zero-order chi connectivity index (χ0) is 12.9. The summed E-state index contributed by atoms with van der Waals surface area (Å²) in [5.74, 6) is 2.29. The van der Waals surface area contributed by atoms with Crippen molar-refractivity contribution in [3.05, 3.63) is 15.6 Å². The lowest BCUT2D eigenvalue weighted by Crippen LogP contribution is -2.34. The van der Waals surface area contributed by atoms with Crippen LogP contribution in [0.2, 0.25) is 0 Å². The molecule has 0 spiro atoms. The van der Waals surface area contributed by atoms with Crippen molar-refractivity contribution in [2.75, 3.05) is 5.75 Å². The molecule has 98 valence electrons. The molecule has 1 N–H and O–H groups in total. The van der Waals surface area contributed by atoms with Gasteiger partial charge >= 0.3 is 0 Å². The quantitative estimate of drug-likeness (QED) is 0.793. The smallest absolute Gasteiger partial charge is 0.103 e. The van der Waals surface area contributed by atoms with Gasteiger partial charge in [-0.15, -0.1) is 11.3 Å². The van der Waals surface area contributed by atoms with Crippen molar-refractivity contribution in [3.63, 3.8) is 0 Å². The first-order chi connectivity index (χ1) is 7.92. The number of hydrogen-bond acceptors (Lipinski definition) is 4. The predicted molar refractivity (Wildman–Crippen MR) is 79.9 cm³/mol. The van der Waals surface area contributed by atoms with Crippen LogP contribution in [-0.2, 0) is 12.3 Å². The summed E-state index contributed by atoms with van der Waals surface area (Å²) in [4.78, 5) is 6.02. The molecule has 0 aliphatic rings. The van der Waals surface area contributed by atoms with E-state index in [9.17, 15) is 0 Å². The minimum Gasteiger partial charge on any atom is -0.307 e. The molecule has 0 aliphatic carbocycles. The normalized spacial score (nSPS) is 12.1. The summed E-state index contributed by atoms with van der Waals surface area (Å²) in [6, 6.07) is 0. The molecule has 0 radical (unpaired) electrons. The Morgan fingerprint density at radius 2 is 2.06 bits per heavy atom. The Morgan fingerprint density at radius 3 is 2.65 bits per heavy atom. The van der Waals surface area contributed by atoms with Gasteiger partial charge in [-0.3, -0.25) is 0 Å². The van der Waals surface area contributed by atoms with Crippen LogP contribution in [0.1, 0.15) is 49.7 Å². The molecular formula is C13H24N2S2. The molecule has 0 unspecified atom stereocenters. The van der Waals surface area contributed by atoms with Gasteiger partial charge in [0.25, 0.3) is 0 Å². The topological polar surface area (TPSA) is 24.9 Å². The maximum Gasteiger partial charge on any atom is 0.103 e. The van der Waals surface area contributed by atoms with Crippen LogP contribution < -0.4 is 5.32 Å². The van der Waals surface area contributed by atoms with Gasteiger partial charge in [0.1, 0.15) is 5.01 Å². The average Bonchev–Trinajstić information content (AvgIpc) is 2.56. The Morgan fingerprint density at radius 1 is 1.35 bits per heavy atom. The Bertz CT molecular complexity index is 340. The standard InChI is InChI=1S/C13H24N2S2/c1-6-7-16-9-12-15-10(2)11(17-12)8-14-13(3,4)5/h14H,6-9H2,1-5H3. The summed E-state index contributed by atoms with van der Waals surface area (Å²) >= 11 is 3.84. The molecule has 0 atom stereocenters. The molecule has 0 aromatic carbocycles. The van der Waals surface area contributed by atoms with E-state index in [2.05, 4.69) is 44.9 Å². The minimum absolute atomic E-state index is 0.174. The lowest BCUT2D eigenvalue weighted by molar-refractivity contribution is 0.425. The van der Waals surface area contributed by atoms with E-state index in [1.165, 1.54) is 27.8 Å². The SMILES string of the molecule is CCCSCc1nc(C)c(CNC(C)(C)C)s1. The number of aryl methyl sites for hydroxylation is 1. The molecule has 1 heterocycles. The average molecular weight is 272 g/mol. The number of nitrogens with zero attached hydrogens (tertiary/aromatic N) is 1. The first-order valence-electron chi connectivity index (χ1n) is 6.20. The summed E-state index contributed by atoms with van der Waals surface area (Å²) in [7, 11) is 0. The fourth-order valence-corrected chi connectivity index (χ4v) is 3.33. The number of thioether (sulfide) groups is 1. The molecule has 0 amide bonds. The first-order valence-corrected chi connectivity index (χ1v) is 8.17. The number of rotatable bonds is 6. The molecule has 0 saturated carbocycles. The molecule has 0 fully saturated rings. The van der Waals surface area contributed by atoms with E-state index < -0.39 is 0 Å². The maximum atomic E-state index is 4.64. The zero-order valence-corrected chi connectivity index (χ0v) is 13.2. The van der Waals surface area contributed by atoms with Crippen molar-refractivity contribution >= 4 is 23.1 Å². The maximum absolute atomic E-state index is 4.64. The van der Waals surface area contributed by atoms with E-state index in [4.69, 9.17) is 0 Å². The fraction of sp³-hybridized carbons (Fsp3) is 0.769. The van der Waals surface area contributed by atoms with Gasteiger partial charge in [0.05, 0.1) is 5.69 Å². The molecule has 0 saturated heterocycles. The molecular weight excluding hydrogens is 248 g/mol. The van der Waals surface area contributed by atoms with E-state index in [-0.39, 0.29) is 5.54 Å². The van der Waals surface area contributed by atoms with Gasteiger partial charge in [0.15, 0.2) is 0 Å². The Hall–Kier alpha value is -0.0600. The molecule has 1 aromatic rings. The van der Waals surface area contributed by atoms with Crippen molar-refractivity contribution in [1.29, 1.82) is 0 Å². The van der Waals surface area contributed by atoms with E-state index in [0.29, 0.717) is 0 Å². The second-order valence-electron chi connectivity index (χ2n) is 5.27. The highest BCUT2D eigenvalue weighted by Gasteiger charge is 2.12. The van der Waals surface area contributed by atoms with Crippen LogP contribution in [-0.4, -0.2) is 16.3 Å². The molecule has 1 rings (SSSR count). The van der Waals surface area contributed by atoms with Crippen LogP contribution in [0, 0.1) is 6.92 Å². The van der Waals surface area contributed by atoms with Crippen LogP contribution in [0.4, 0.5) is 0 Å². The number of thiazole rings is 1. The lowest BCUT2D eigenvalue weighted by Gasteiger charge is -2.19. The lowest BCUT2D eigenvalue weighted by atomic mass is 10.1. The molecule has 0 aliphatic heterocycles. The van der Waals surface area contributed by atoms with Crippen molar-refractivity contribution in [2.24, 2.45) is 0 Å². The van der Waals surface area contributed by atoms with Gasteiger partial charge in [0.2, 0.25) is 0 Å². The second kappa shape index (κ2) is 6.76. The van der Waals surface area contributed by atoms with Crippen molar-refractivity contribution in [1.82, 2.24) is 10.3 Å². The third-order valence-electron chi connectivity index (χ3n) is 2.29. The molecule has 4 heteroatoms. The number of hydrogen-bond donors (Lipinski definition) is 1. The van der Waals surface area contributed by atoms with Crippen LogP contribution in [0.3, 0.4) is 0 Å². The van der Waals surface area contributed by atoms with Crippen LogP contribution in [0.15, 0.2) is 0 Å². The van der Waals surface area contributed by atoms with E-state index in [0.717, 1.165) is 12.3 Å². The number of nitrogens with one attached hydrogen (secondary N) is 1. The zero-order valence-electron chi connectivity index (χ0n) is 11.6. The highest BCUT2D eigenvalue weighted by atomic mass is 32.2. The second-order valence-corrected chi connectivity index (χ2v) is 7.55. The summed E-state index contributed by atoms with van der Waals surface area (Å²) in [6.07, 6.45) is 1.24. The van der Waals surface area contributed by atoms with Gasteiger partial charge in [-0.2, -0.15) is 11.8 Å². The molecule has 17 heavy (non-hydrogen) atoms. The van der Waals surface area contributed by atoms with E-state index >= 15 is 0 Å². The van der Waals surface area contributed by atoms with Gasteiger partial charge in [-0.05, 0) is 39.9 Å². The Kier molecular flexibility index (Phi) is 5.97. The van der Waals surface area contributed by atoms with Crippen LogP contribution in [0.5, 0.6) is 0 Å². The van der Waals surface area contributed by atoms with Gasteiger partial charge < -0.3 is 5.32 Å². The van der Waals surface area contributed by atoms with E-state index in [1.54, 1.807) is 0 Å². The summed E-state index contributed by atoms with van der Waals surface area (Å²) in [6.45, 7) is 11.9. The molecule has 1 aromatic heterocycles. The first kappa shape index (κ1) is 15.0. The molecule has 0 bridgehead atoms. The van der Waals surface area contributed by atoms with Gasteiger partial charge in [-0.1, -0.05) is 6.92 Å². The highest BCUT2D eigenvalue weighted by Crippen LogP contribution is 2.23. The monoisotopic (exact) mass is 272 g/mol. The Labute approximate surface area is 114 Å². The van der Waals surface area contributed by atoms with Crippen molar-refractivity contribution in [2.45, 2.75) is 58.9 Å². The number of aromatic nitrogens is 1. The Balaban J connectivity index is 2.50. The largest absolute Gasteiger partial charge is 0.307 e. The van der Waals surface area contributed by atoms with Gasteiger partial charge in [0, 0.05) is 22.7 Å². The van der Waals surface area contributed by atoms with Crippen LogP contribution >= 0.6 is 23.1 Å². The highest BCUT2D eigenvalue weighted by molar-refractivity contribution is 7.98. The predicted octanol–water partition coefficient (Wildman–Crippen LogP) is 3.98. The van der Waals surface area contributed by atoms with Gasteiger partial charge in [-0.25, -0.2) is 4.98 Å². The minimum atomic E-state index is 0.174. The van der Waals surface area contributed by atoms with Crippen LogP contribution in [0.25, 0.3) is 0 Å². The van der Waals surface area contributed by atoms with Crippen molar-refractivity contribution < 1.29 is 0 Å². The summed E-state index contributed by atoms with van der Waals surface area (Å²) < 4.78 is 0. The van der Waals surface area contributed by atoms with E-state index in [1.807, 2.05) is 23.1 Å². The van der Waals surface area contributed by atoms with Crippen molar-refractivity contribution in [3.8, 4) is 0 Å². The fourth-order valence-electron chi connectivity index (χ4n) is 1.36. The summed E-state index contributed by atoms with van der Waals surface area (Å²) in [5, 5.41) is 4.79. The molecule has 2 nitrogen and oxygen atoms in total.